The number of hydrogen-bond donors (Lipinski definition) is 1. The summed E-state index contributed by atoms with van der Waals surface area (Å²) < 4.78 is 5.21. The van der Waals surface area contributed by atoms with Crippen molar-refractivity contribution in [2.24, 2.45) is 0 Å². The first kappa shape index (κ1) is 25.1. The Morgan fingerprint density at radius 2 is 1.81 bits per heavy atom. The highest BCUT2D eigenvalue weighted by molar-refractivity contribution is 7.99. The van der Waals surface area contributed by atoms with Gasteiger partial charge in [-0.05, 0) is 55.3 Å². The number of benzene rings is 2. The maximum atomic E-state index is 13.1. The minimum absolute atomic E-state index is 0.0459. The van der Waals surface area contributed by atoms with Gasteiger partial charge in [-0.3, -0.25) is 9.59 Å². The van der Waals surface area contributed by atoms with Gasteiger partial charge in [-0.25, -0.2) is 0 Å². The van der Waals surface area contributed by atoms with Gasteiger partial charge in [0, 0.05) is 35.2 Å². The van der Waals surface area contributed by atoms with Crippen molar-refractivity contribution in [2.45, 2.75) is 50.6 Å². The van der Waals surface area contributed by atoms with Gasteiger partial charge in [-0.1, -0.05) is 37.1 Å². The van der Waals surface area contributed by atoms with Crippen LogP contribution in [0.15, 0.2) is 53.4 Å². The Morgan fingerprint density at radius 1 is 1.13 bits per heavy atom. The number of rotatable bonds is 12. The van der Waals surface area contributed by atoms with Crippen LogP contribution in [0, 0.1) is 0 Å². The summed E-state index contributed by atoms with van der Waals surface area (Å²) in [6.07, 6.45) is 2.27. The zero-order valence-corrected chi connectivity index (χ0v) is 20.0. The lowest BCUT2D eigenvalue weighted by atomic mass is 10.1. The highest BCUT2D eigenvalue weighted by Crippen LogP contribution is 2.22. The van der Waals surface area contributed by atoms with Crippen LogP contribution in [0.5, 0.6) is 5.75 Å². The fourth-order valence-corrected chi connectivity index (χ4v) is 3.94. The summed E-state index contributed by atoms with van der Waals surface area (Å²) in [5.41, 5.74) is 0.952. The molecule has 0 aliphatic rings. The molecule has 168 valence electrons. The Morgan fingerprint density at radius 3 is 2.42 bits per heavy atom. The lowest BCUT2D eigenvalue weighted by Crippen LogP contribution is -2.47. The fraction of sp³-hybridized carbons (Fsp3) is 0.417. The molecule has 0 saturated carbocycles. The largest absolute Gasteiger partial charge is 0.497 e. The van der Waals surface area contributed by atoms with Gasteiger partial charge in [0.2, 0.25) is 11.8 Å². The number of unbranched alkanes of at least 4 members (excludes halogenated alkanes) is 1. The third-order valence-electron chi connectivity index (χ3n) is 4.91. The standard InChI is InChI=1S/C24H31ClN2O3S/c1-4-5-15-26-24(29)18(2)27(17-19-6-10-21(30-3)11-7-19)23(28)14-16-31-22-12-8-20(25)9-13-22/h6-13,18H,4-5,14-17H2,1-3H3,(H,26,29)/t18-/m1/s1. The Balaban J connectivity index is 2.03. The summed E-state index contributed by atoms with van der Waals surface area (Å²) in [4.78, 5) is 28.4. The van der Waals surface area contributed by atoms with Crippen molar-refractivity contribution in [2.75, 3.05) is 19.4 Å². The van der Waals surface area contributed by atoms with E-state index in [4.69, 9.17) is 16.3 Å². The van der Waals surface area contributed by atoms with Crippen LogP contribution in [0.3, 0.4) is 0 Å². The Bertz CT molecular complexity index is 828. The van der Waals surface area contributed by atoms with Crippen LogP contribution >= 0.6 is 23.4 Å². The lowest BCUT2D eigenvalue weighted by molar-refractivity contribution is -0.140. The molecule has 1 atom stereocenters. The summed E-state index contributed by atoms with van der Waals surface area (Å²) in [6.45, 7) is 4.86. The number of thioether (sulfide) groups is 1. The van der Waals surface area contributed by atoms with E-state index in [9.17, 15) is 9.59 Å². The summed E-state index contributed by atoms with van der Waals surface area (Å²) in [5, 5.41) is 3.63. The first-order valence-corrected chi connectivity index (χ1v) is 11.9. The molecular weight excluding hydrogens is 432 g/mol. The normalized spacial score (nSPS) is 11.6. The van der Waals surface area contributed by atoms with Crippen LogP contribution in [-0.2, 0) is 16.1 Å². The molecule has 7 heteroatoms. The van der Waals surface area contributed by atoms with Crippen molar-refractivity contribution in [3.63, 3.8) is 0 Å². The minimum Gasteiger partial charge on any atom is -0.497 e. The van der Waals surface area contributed by atoms with E-state index in [-0.39, 0.29) is 11.8 Å². The molecular formula is C24H31ClN2O3S. The quantitative estimate of drug-likeness (QED) is 0.349. The number of carbonyl (C=O) groups excluding carboxylic acids is 2. The molecule has 2 rings (SSSR count). The number of methoxy groups -OCH3 is 1. The van der Waals surface area contributed by atoms with E-state index >= 15 is 0 Å². The number of amides is 2. The molecule has 0 unspecified atom stereocenters. The molecule has 0 radical (unpaired) electrons. The SMILES string of the molecule is CCCCNC(=O)[C@@H](C)N(Cc1ccc(OC)cc1)C(=O)CCSc1ccc(Cl)cc1. The highest BCUT2D eigenvalue weighted by atomic mass is 35.5. The Hall–Kier alpha value is -2.18. The molecule has 0 aliphatic carbocycles. The van der Waals surface area contributed by atoms with Gasteiger partial charge in [0.1, 0.15) is 11.8 Å². The van der Waals surface area contributed by atoms with E-state index in [1.54, 1.807) is 30.7 Å². The van der Waals surface area contributed by atoms with Crippen LogP contribution in [-0.4, -0.2) is 42.2 Å². The number of ether oxygens (including phenoxy) is 1. The second-order valence-corrected chi connectivity index (χ2v) is 8.85. The van der Waals surface area contributed by atoms with Crippen LogP contribution < -0.4 is 10.1 Å². The van der Waals surface area contributed by atoms with Gasteiger partial charge in [0.25, 0.3) is 0 Å². The van der Waals surface area contributed by atoms with Gasteiger partial charge in [0.15, 0.2) is 0 Å². The van der Waals surface area contributed by atoms with Gasteiger partial charge >= 0.3 is 0 Å². The number of halogens is 1. The van der Waals surface area contributed by atoms with E-state index in [1.165, 1.54) is 0 Å². The second-order valence-electron chi connectivity index (χ2n) is 7.24. The lowest BCUT2D eigenvalue weighted by Gasteiger charge is -2.29. The number of hydrogen-bond acceptors (Lipinski definition) is 4. The van der Waals surface area contributed by atoms with Crippen LogP contribution in [0.2, 0.25) is 5.02 Å². The molecule has 2 aromatic rings. The third-order valence-corrected chi connectivity index (χ3v) is 6.17. The first-order valence-electron chi connectivity index (χ1n) is 10.5. The minimum atomic E-state index is -0.549. The summed E-state index contributed by atoms with van der Waals surface area (Å²) >= 11 is 7.53. The Labute approximate surface area is 194 Å². The molecule has 0 aromatic heterocycles. The Kier molecular flexibility index (Phi) is 10.7. The summed E-state index contributed by atoms with van der Waals surface area (Å²) in [6, 6.07) is 14.6. The van der Waals surface area contributed by atoms with Gasteiger partial charge < -0.3 is 15.0 Å². The molecule has 0 heterocycles. The van der Waals surface area contributed by atoms with Gasteiger partial charge in [0.05, 0.1) is 7.11 Å². The van der Waals surface area contributed by atoms with Crippen molar-refractivity contribution >= 4 is 35.2 Å². The maximum Gasteiger partial charge on any atom is 0.242 e. The number of carbonyl (C=O) groups is 2. The topological polar surface area (TPSA) is 58.6 Å². The molecule has 0 bridgehead atoms. The van der Waals surface area contributed by atoms with Crippen LogP contribution in [0.4, 0.5) is 0 Å². The maximum absolute atomic E-state index is 13.1. The first-order chi connectivity index (χ1) is 14.9. The zero-order chi connectivity index (χ0) is 22.6. The highest BCUT2D eigenvalue weighted by Gasteiger charge is 2.25. The molecule has 0 aliphatic heterocycles. The molecule has 31 heavy (non-hydrogen) atoms. The van der Waals surface area contributed by atoms with Crippen LogP contribution in [0.25, 0.3) is 0 Å². The smallest absolute Gasteiger partial charge is 0.242 e. The van der Waals surface area contributed by atoms with E-state index < -0.39 is 6.04 Å². The van der Waals surface area contributed by atoms with Crippen molar-refractivity contribution < 1.29 is 14.3 Å². The predicted molar refractivity (Wildman–Crippen MR) is 128 cm³/mol. The molecule has 5 nitrogen and oxygen atoms in total. The average Bonchev–Trinajstić information content (AvgIpc) is 2.78. The summed E-state index contributed by atoms with van der Waals surface area (Å²) in [7, 11) is 1.62. The molecule has 0 spiro atoms. The van der Waals surface area contributed by atoms with Crippen molar-refractivity contribution in [3.8, 4) is 5.75 Å². The molecule has 2 aromatic carbocycles. The van der Waals surface area contributed by atoms with Gasteiger partial charge in [-0.2, -0.15) is 0 Å². The fourth-order valence-electron chi connectivity index (χ4n) is 2.98. The molecule has 1 N–H and O–H groups in total. The molecule has 0 saturated heterocycles. The zero-order valence-electron chi connectivity index (χ0n) is 18.4. The van der Waals surface area contributed by atoms with Crippen LogP contribution in [0.1, 0.15) is 38.7 Å². The third kappa shape index (κ3) is 8.46. The summed E-state index contributed by atoms with van der Waals surface area (Å²) in [5.74, 6) is 1.21. The molecule has 0 fully saturated rings. The van der Waals surface area contributed by atoms with E-state index in [0.29, 0.717) is 30.3 Å². The van der Waals surface area contributed by atoms with Crippen molar-refractivity contribution in [1.29, 1.82) is 0 Å². The molecule has 2 amide bonds. The van der Waals surface area contributed by atoms with Crippen molar-refractivity contribution in [3.05, 3.63) is 59.1 Å². The average molecular weight is 463 g/mol. The second kappa shape index (κ2) is 13.3. The predicted octanol–water partition coefficient (Wildman–Crippen LogP) is 5.16. The number of nitrogens with one attached hydrogen (secondary N) is 1. The number of nitrogens with zero attached hydrogens (tertiary/aromatic N) is 1. The van der Waals surface area contributed by atoms with Gasteiger partial charge in [-0.15, -0.1) is 11.8 Å². The monoisotopic (exact) mass is 462 g/mol. The van der Waals surface area contributed by atoms with Crippen molar-refractivity contribution in [1.82, 2.24) is 10.2 Å². The van der Waals surface area contributed by atoms with E-state index in [2.05, 4.69) is 12.2 Å². The van der Waals surface area contributed by atoms with E-state index in [0.717, 1.165) is 29.1 Å². The van der Waals surface area contributed by atoms with E-state index in [1.807, 2.05) is 48.5 Å².